The molecule has 2 fully saturated rings. The number of hydrogen-bond acceptors (Lipinski definition) is 5. The van der Waals surface area contributed by atoms with Gasteiger partial charge < -0.3 is 4.74 Å². The second-order valence-electron chi connectivity index (χ2n) is 6.83. The smallest absolute Gasteiger partial charge is 0.244 e. The molecular formula is C16H24N4O2S2. The Morgan fingerprint density at radius 2 is 2.21 bits per heavy atom. The number of carbonyl (C=O) groups is 1. The SMILES string of the molecule is CCOC1CCCCC1CN1C(=O)C2SCCC2n2c1n[nH]c2=S. The monoisotopic (exact) mass is 368 g/mol. The lowest BCUT2D eigenvalue weighted by Gasteiger charge is -2.39. The van der Waals surface area contributed by atoms with E-state index in [0.29, 0.717) is 23.2 Å². The number of aromatic nitrogens is 3. The minimum atomic E-state index is -0.0177. The second-order valence-corrected chi connectivity index (χ2v) is 8.47. The van der Waals surface area contributed by atoms with Crippen LogP contribution in [0.3, 0.4) is 0 Å². The molecule has 1 aromatic heterocycles. The predicted octanol–water partition coefficient (Wildman–Crippen LogP) is 2.93. The molecule has 132 valence electrons. The molecular weight excluding hydrogens is 344 g/mol. The Labute approximate surface area is 151 Å². The van der Waals surface area contributed by atoms with E-state index in [1.165, 1.54) is 12.8 Å². The van der Waals surface area contributed by atoms with Gasteiger partial charge in [-0.2, -0.15) is 0 Å². The van der Waals surface area contributed by atoms with Crippen molar-refractivity contribution in [3.63, 3.8) is 0 Å². The predicted molar refractivity (Wildman–Crippen MR) is 97.0 cm³/mol. The summed E-state index contributed by atoms with van der Waals surface area (Å²) in [5.74, 6) is 2.29. The number of thioether (sulfide) groups is 1. The summed E-state index contributed by atoms with van der Waals surface area (Å²) in [6, 6.07) is 0.161. The van der Waals surface area contributed by atoms with Gasteiger partial charge in [0.1, 0.15) is 5.25 Å². The largest absolute Gasteiger partial charge is 0.378 e. The van der Waals surface area contributed by atoms with Gasteiger partial charge in [0.25, 0.3) is 0 Å². The van der Waals surface area contributed by atoms with Gasteiger partial charge in [-0.3, -0.25) is 14.3 Å². The Kier molecular flexibility index (Phi) is 4.70. The molecule has 4 unspecified atom stereocenters. The maximum atomic E-state index is 13.1. The molecule has 0 aromatic carbocycles. The average molecular weight is 369 g/mol. The quantitative estimate of drug-likeness (QED) is 0.828. The van der Waals surface area contributed by atoms with Crippen LogP contribution in [0.4, 0.5) is 5.95 Å². The molecule has 3 heterocycles. The van der Waals surface area contributed by atoms with E-state index in [0.717, 1.165) is 31.6 Å². The van der Waals surface area contributed by atoms with E-state index in [1.807, 2.05) is 11.8 Å². The Morgan fingerprint density at radius 1 is 1.38 bits per heavy atom. The summed E-state index contributed by atoms with van der Waals surface area (Å²) in [4.78, 5) is 14.9. The Bertz CT molecular complexity index is 671. The van der Waals surface area contributed by atoms with Crippen LogP contribution in [0, 0.1) is 10.7 Å². The molecule has 0 spiro atoms. The Morgan fingerprint density at radius 3 is 3.04 bits per heavy atom. The number of anilines is 1. The fraction of sp³-hybridized carbons (Fsp3) is 0.812. The fourth-order valence-corrected chi connectivity index (χ4v) is 5.98. The minimum Gasteiger partial charge on any atom is -0.378 e. The molecule has 4 rings (SSSR count). The zero-order valence-corrected chi connectivity index (χ0v) is 15.6. The Balaban J connectivity index is 1.63. The van der Waals surface area contributed by atoms with Gasteiger partial charge in [-0.05, 0) is 44.2 Å². The van der Waals surface area contributed by atoms with Gasteiger partial charge in [0.05, 0.1) is 12.1 Å². The van der Waals surface area contributed by atoms with Crippen molar-refractivity contribution in [1.29, 1.82) is 0 Å². The molecule has 0 bridgehead atoms. The summed E-state index contributed by atoms with van der Waals surface area (Å²) < 4.78 is 8.65. The molecule has 2 aliphatic heterocycles. The summed E-state index contributed by atoms with van der Waals surface area (Å²) in [5.41, 5.74) is 0. The standard InChI is InChI=1S/C16H24N4O2S2/c1-2-22-12-6-4-3-5-10(12)9-19-14(21)13-11(7-8-24-13)20-15(19)17-18-16(20)23/h10-13H,2-9H2,1H3,(H,18,23). The number of H-pyrrole nitrogens is 1. The number of fused-ring (bicyclic) bond motifs is 3. The van der Waals surface area contributed by atoms with Gasteiger partial charge in [-0.1, -0.05) is 12.8 Å². The number of ether oxygens (including phenoxy) is 1. The highest BCUT2D eigenvalue weighted by molar-refractivity contribution is 8.00. The molecule has 0 radical (unpaired) electrons. The maximum Gasteiger partial charge on any atom is 0.244 e. The Hall–Kier alpha value is -0.860. The van der Waals surface area contributed by atoms with Crippen LogP contribution in [0.1, 0.15) is 45.1 Å². The van der Waals surface area contributed by atoms with Crippen LogP contribution in [-0.2, 0) is 9.53 Å². The molecule has 1 aromatic rings. The summed E-state index contributed by atoms with van der Waals surface area (Å²) in [7, 11) is 0. The van der Waals surface area contributed by atoms with E-state index in [4.69, 9.17) is 17.0 Å². The van der Waals surface area contributed by atoms with Crippen LogP contribution < -0.4 is 4.90 Å². The number of carbonyl (C=O) groups excluding carboxylic acids is 1. The number of rotatable bonds is 4. The number of hydrogen-bond donors (Lipinski definition) is 1. The first-order chi connectivity index (χ1) is 11.7. The molecule has 1 saturated heterocycles. The van der Waals surface area contributed by atoms with Crippen LogP contribution >= 0.6 is 24.0 Å². The van der Waals surface area contributed by atoms with E-state index in [1.54, 1.807) is 11.8 Å². The highest BCUT2D eigenvalue weighted by Crippen LogP contribution is 2.43. The lowest BCUT2D eigenvalue weighted by molar-refractivity contribution is -0.120. The zero-order valence-electron chi connectivity index (χ0n) is 13.9. The highest BCUT2D eigenvalue weighted by atomic mass is 32.2. The number of nitrogens with zero attached hydrogens (tertiary/aromatic N) is 3. The fourth-order valence-electron chi connectivity index (χ4n) is 4.34. The van der Waals surface area contributed by atoms with Crippen molar-refractivity contribution in [2.75, 3.05) is 23.8 Å². The molecule has 6 nitrogen and oxygen atoms in total. The van der Waals surface area contributed by atoms with E-state index in [2.05, 4.69) is 14.8 Å². The van der Waals surface area contributed by atoms with Crippen LogP contribution in [-0.4, -0.2) is 50.9 Å². The van der Waals surface area contributed by atoms with Crippen molar-refractivity contribution in [3.8, 4) is 0 Å². The van der Waals surface area contributed by atoms with Crippen molar-refractivity contribution in [1.82, 2.24) is 14.8 Å². The van der Waals surface area contributed by atoms with Gasteiger partial charge in [0.15, 0.2) is 4.77 Å². The first-order valence-electron chi connectivity index (χ1n) is 8.92. The first-order valence-corrected chi connectivity index (χ1v) is 10.4. The third kappa shape index (κ3) is 2.72. The molecule has 1 saturated carbocycles. The van der Waals surface area contributed by atoms with E-state index >= 15 is 0 Å². The van der Waals surface area contributed by atoms with Gasteiger partial charge in [0.2, 0.25) is 11.9 Å². The third-order valence-corrected chi connectivity index (χ3v) is 7.10. The first kappa shape index (κ1) is 16.6. The lowest BCUT2D eigenvalue weighted by atomic mass is 9.85. The van der Waals surface area contributed by atoms with E-state index < -0.39 is 0 Å². The number of aromatic amines is 1. The molecule has 24 heavy (non-hydrogen) atoms. The topological polar surface area (TPSA) is 63.1 Å². The van der Waals surface area contributed by atoms with Crippen LogP contribution in [0.15, 0.2) is 0 Å². The van der Waals surface area contributed by atoms with Gasteiger partial charge in [-0.15, -0.1) is 16.9 Å². The van der Waals surface area contributed by atoms with Gasteiger partial charge in [0, 0.05) is 19.1 Å². The number of nitrogens with one attached hydrogen (secondary N) is 1. The summed E-state index contributed by atoms with van der Waals surface area (Å²) in [6.45, 7) is 3.46. The second kappa shape index (κ2) is 6.80. The summed E-state index contributed by atoms with van der Waals surface area (Å²) in [5, 5.41) is 7.27. The zero-order chi connectivity index (χ0) is 16.7. The van der Waals surface area contributed by atoms with Crippen molar-refractivity contribution < 1.29 is 9.53 Å². The summed E-state index contributed by atoms with van der Waals surface area (Å²) >= 11 is 7.19. The molecule has 1 aliphatic carbocycles. The average Bonchev–Trinajstić information content (AvgIpc) is 3.20. The highest BCUT2D eigenvalue weighted by Gasteiger charge is 2.46. The van der Waals surface area contributed by atoms with Crippen molar-refractivity contribution in [2.45, 2.75) is 56.4 Å². The van der Waals surface area contributed by atoms with Crippen molar-refractivity contribution >= 4 is 35.8 Å². The van der Waals surface area contributed by atoms with Gasteiger partial charge in [-0.25, -0.2) is 5.10 Å². The molecule has 4 atom stereocenters. The van der Waals surface area contributed by atoms with Crippen LogP contribution in [0.5, 0.6) is 0 Å². The van der Waals surface area contributed by atoms with Gasteiger partial charge >= 0.3 is 0 Å². The molecule has 3 aliphatic rings. The third-order valence-electron chi connectivity index (χ3n) is 5.47. The van der Waals surface area contributed by atoms with Crippen molar-refractivity contribution in [2.24, 2.45) is 5.92 Å². The minimum absolute atomic E-state index is 0.0177. The molecule has 1 amide bonds. The van der Waals surface area contributed by atoms with E-state index in [9.17, 15) is 4.79 Å². The van der Waals surface area contributed by atoms with E-state index in [-0.39, 0.29) is 23.3 Å². The lowest BCUT2D eigenvalue weighted by Crippen LogP contribution is -2.50. The normalized spacial score (nSPS) is 32.7. The van der Waals surface area contributed by atoms with Crippen LogP contribution in [0.25, 0.3) is 0 Å². The summed E-state index contributed by atoms with van der Waals surface area (Å²) in [6.07, 6.45) is 5.87. The maximum absolute atomic E-state index is 13.1. The van der Waals surface area contributed by atoms with Crippen LogP contribution in [0.2, 0.25) is 0 Å². The molecule has 8 heteroatoms. The van der Waals surface area contributed by atoms with Crippen molar-refractivity contribution in [3.05, 3.63) is 4.77 Å². The molecule has 1 N–H and O–H groups in total. The number of amides is 1.